The Morgan fingerprint density at radius 2 is 1.82 bits per heavy atom. The van der Waals surface area contributed by atoms with Crippen molar-refractivity contribution in [2.45, 2.75) is 19.6 Å². The van der Waals surface area contributed by atoms with E-state index in [1.54, 1.807) is 0 Å². The molecule has 0 aromatic heterocycles. The number of hydrogen-bond donors (Lipinski definition) is 2. The number of hydrogen-bond acceptors (Lipinski definition) is 2. The van der Waals surface area contributed by atoms with Crippen molar-refractivity contribution in [1.82, 2.24) is 5.32 Å². The van der Waals surface area contributed by atoms with Crippen molar-refractivity contribution in [2.75, 3.05) is 17.6 Å². The van der Waals surface area contributed by atoms with Gasteiger partial charge in [0.05, 0.1) is 0 Å². The third-order valence-corrected chi connectivity index (χ3v) is 4.47. The summed E-state index contributed by atoms with van der Waals surface area (Å²) >= 11 is 7.21. The first-order valence-corrected chi connectivity index (χ1v) is 8.94. The van der Waals surface area contributed by atoms with Crippen LogP contribution in [0.2, 0.25) is 0 Å². The van der Waals surface area contributed by atoms with E-state index in [-0.39, 0.29) is 0 Å². The van der Waals surface area contributed by atoms with E-state index >= 15 is 0 Å². The topological polar surface area (TPSA) is 24.1 Å². The zero-order chi connectivity index (χ0) is 15.8. The molecule has 0 saturated heterocycles. The maximum absolute atomic E-state index is 5.30. The van der Waals surface area contributed by atoms with Gasteiger partial charge < -0.3 is 10.6 Å². The van der Waals surface area contributed by atoms with E-state index in [2.05, 4.69) is 60.9 Å². The van der Waals surface area contributed by atoms with Gasteiger partial charge in [0.15, 0.2) is 5.11 Å². The molecule has 0 atom stereocenters. The van der Waals surface area contributed by atoms with E-state index < -0.39 is 0 Å². The van der Waals surface area contributed by atoms with Crippen LogP contribution >= 0.6 is 24.0 Å². The lowest BCUT2D eigenvalue weighted by molar-refractivity contribution is 0.990. The van der Waals surface area contributed by atoms with Crippen LogP contribution in [0.4, 0.5) is 5.69 Å². The molecule has 2 N–H and O–H groups in total. The molecule has 0 heterocycles. The first kappa shape index (κ1) is 16.8. The van der Waals surface area contributed by atoms with Gasteiger partial charge in [-0.2, -0.15) is 11.8 Å². The molecule has 0 bridgehead atoms. The van der Waals surface area contributed by atoms with Crippen LogP contribution in [0.1, 0.15) is 16.7 Å². The second-order valence-corrected chi connectivity index (χ2v) is 6.80. The SMILES string of the molecule is Cc1ccc(NC(=S)NCCSCc2cccc(C)c2)cc1. The minimum absolute atomic E-state index is 0.681. The maximum atomic E-state index is 5.30. The normalized spacial score (nSPS) is 10.3. The summed E-state index contributed by atoms with van der Waals surface area (Å²) in [5.41, 5.74) is 4.97. The van der Waals surface area contributed by atoms with Gasteiger partial charge in [0, 0.05) is 23.7 Å². The maximum Gasteiger partial charge on any atom is 0.170 e. The van der Waals surface area contributed by atoms with Gasteiger partial charge in [0.2, 0.25) is 0 Å². The van der Waals surface area contributed by atoms with Crippen LogP contribution in [0.5, 0.6) is 0 Å². The summed E-state index contributed by atoms with van der Waals surface area (Å²) in [6.07, 6.45) is 0. The lowest BCUT2D eigenvalue weighted by Gasteiger charge is -2.10. The summed E-state index contributed by atoms with van der Waals surface area (Å²) in [7, 11) is 0. The summed E-state index contributed by atoms with van der Waals surface area (Å²) in [6, 6.07) is 16.9. The Morgan fingerprint density at radius 3 is 2.55 bits per heavy atom. The highest BCUT2D eigenvalue weighted by molar-refractivity contribution is 7.98. The largest absolute Gasteiger partial charge is 0.362 e. The zero-order valence-corrected chi connectivity index (χ0v) is 14.7. The second kappa shape index (κ2) is 8.81. The Balaban J connectivity index is 1.62. The summed E-state index contributed by atoms with van der Waals surface area (Å²) < 4.78 is 0. The monoisotopic (exact) mass is 330 g/mol. The number of aryl methyl sites for hydroxylation is 2. The van der Waals surface area contributed by atoms with Gasteiger partial charge in [-0.1, -0.05) is 47.5 Å². The highest BCUT2D eigenvalue weighted by Crippen LogP contribution is 2.13. The fraction of sp³-hybridized carbons (Fsp3) is 0.278. The number of rotatable bonds is 6. The molecule has 2 aromatic carbocycles. The molecule has 2 nitrogen and oxygen atoms in total. The molecule has 2 aromatic rings. The molecule has 4 heteroatoms. The van der Waals surface area contributed by atoms with Crippen LogP contribution in [-0.4, -0.2) is 17.4 Å². The highest BCUT2D eigenvalue weighted by Gasteiger charge is 1.98. The lowest BCUT2D eigenvalue weighted by atomic mass is 10.2. The molecule has 2 rings (SSSR count). The predicted molar refractivity (Wildman–Crippen MR) is 103 cm³/mol. The van der Waals surface area contributed by atoms with Gasteiger partial charge in [0.25, 0.3) is 0 Å². The Labute approximate surface area is 142 Å². The Kier molecular flexibility index (Phi) is 6.74. The third kappa shape index (κ3) is 6.08. The minimum atomic E-state index is 0.681. The number of benzene rings is 2. The molecule has 0 spiro atoms. The zero-order valence-electron chi connectivity index (χ0n) is 13.1. The van der Waals surface area contributed by atoms with E-state index in [4.69, 9.17) is 12.2 Å². The second-order valence-electron chi connectivity index (χ2n) is 5.29. The van der Waals surface area contributed by atoms with E-state index in [0.29, 0.717) is 5.11 Å². The van der Waals surface area contributed by atoms with E-state index in [9.17, 15) is 0 Å². The fourth-order valence-corrected chi connectivity index (χ4v) is 3.07. The number of anilines is 1. The van der Waals surface area contributed by atoms with Gasteiger partial charge in [-0.3, -0.25) is 0 Å². The van der Waals surface area contributed by atoms with Gasteiger partial charge in [-0.15, -0.1) is 0 Å². The highest BCUT2D eigenvalue weighted by atomic mass is 32.2. The van der Waals surface area contributed by atoms with Crippen molar-refractivity contribution in [2.24, 2.45) is 0 Å². The molecule has 0 unspecified atom stereocenters. The van der Waals surface area contributed by atoms with Crippen molar-refractivity contribution in [3.05, 3.63) is 65.2 Å². The van der Waals surface area contributed by atoms with Crippen LogP contribution in [-0.2, 0) is 5.75 Å². The van der Waals surface area contributed by atoms with Gasteiger partial charge >= 0.3 is 0 Å². The quantitative estimate of drug-likeness (QED) is 0.600. The first-order chi connectivity index (χ1) is 10.6. The summed E-state index contributed by atoms with van der Waals surface area (Å²) in [5, 5.41) is 7.12. The molecule has 0 saturated carbocycles. The van der Waals surface area contributed by atoms with E-state index in [1.165, 1.54) is 16.7 Å². The van der Waals surface area contributed by atoms with Crippen molar-refractivity contribution in [3.63, 3.8) is 0 Å². The van der Waals surface area contributed by atoms with Crippen LogP contribution in [0.15, 0.2) is 48.5 Å². The summed E-state index contributed by atoms with van der Waals surface area (Å²) in [5.74, 6) is 2.07. The number of thioether (sulfide) groups is 1. The lowest BCUT2D eigenvalue weighted by Crippen LogP contribution is -2.30. The van der Waals surface area contributed by atoms with Crippen molar-refractivity contribution >= 4 is 34.8 Å². The van der Waals surface area contributed by atoms with E-state index in [1.807, 2.05) is 23.9 Å². The molecular weight excluding hydrogens is 308 g/mol. The fourth-order valence-electron chi connectivity index (χ4n) is 2.04. The minimum Gasteiger partial charge on any atom is -0.362 e. The summed E-state index contributed by atoms with van der Waals surface area (Å²) in [6.45, 7) is 5.07. The molecule has 0 aliphatic heterocycles. The van der Waals surface area contributed by atoms with Crippen LogP contribution in [0.3, 0.4) is 0 Å². The van der Waals surface area contributed by atoms with Crippen LogP contribution in [0.25, 0.3) is 0 Å². The average molecular weight is 331 g/mol. The predicted octanol–water partition coefficient (Wildman–Crippen LogP) is 4.52. The Hall–Kier alpha value is -1.52. The Bertz CT molecular complexity index is 609. The molecule has 22 heavy (non-hydrogen) atoms. The van der Waals surface area contributed by atoms with E-state index in [0.717, 1.165) is 23.7 Å². The molecule has 0 aliphatic rings. The molecule has 0 aliphatic carbocycles. The van der Waals surface area contributed by atoms with Crippen LogP contribution in [0, 0.1) is 13.8 Å². The molecule has 116 valence electrons. The molecule has 0 fully saturated rings. The van der Waals surface area contributed by atoms with Crippen molar-refractivity contribution in [3.8, 4) is 0 Å². The van der Waals surface area contributed by atoms with Crippen molar-refractivity contribution < 1.29 is 0 Å². The number of nitrogens with one attached hydrogen (secondary N) is 2. The van der Waals surface area contributed by atoms with Crippen molar-refractivity contribution in [1.29, 1.82) is 0 Å². The standard InChI is InChI=1S/C18H22N2S2/c1-14-6-8-17(9-7-14)20-18(21)19-10-11-22-13-16-5-3-4-15(2)12-16/h3-9,12H,10-11,13H2,1-2H3,(H2,19,20,21). The Morgan fingerprint density at radius 1 is 1.05 bits per heavy atom. The molecule has 0 radical (unpaired) electrons. The smallest absolute Gasteiger partial charge is 0.170 e. The third-order valence-electron chi connectivity index (χ3n) is 3.19. The van der Waals surface area contributed by atoms with Gasteiger partial charge in [0.1, 0.15) is 0 Å². The average Bonchev–Trinajstić information content (AvgIpc) is 2.49. The molecule has 0 amide bonds. The summed E-state index contributed by atoms with van der Waals surface area (Å²) in [4.78, 5) is 0. The van der Waals surface area contributed by atoms with Gasteiger partial charge in [-0.05, 0) is 43.8 Å². The first-order valence-electron chi connectivity index (χ1n) is 7.38. The van der Waals surface area contributed by atoms with Gasteiger partial charge in [-0.25, -0.2) is 0 Å². The molecular formula is C18H22N2S2. The number of thiocarbonyl (C=S) groups is 1. The van der Waals surface area contributed by atoms with Crippen LogP contribution < -0.4 is 10.6 Å².